The smallest absolute Gasteiger partial charge is 0.201 e. The Kier molecular flexibility index (Phi) is 6.26. The van der Waals surface area contributed by atoms with Crippen molar-refractivity contribution in [1.82, 2.24) is 19.9 Å². The average molecular weight is 469 g/mol. The van der Waals surface area contributed by atoms with Gasteiger partial charge in [0.25, 0.3) is 0 Å². The van der Waals surface area contributed by atoms with Gasteiger partial charge in [0.15, 0.2) is 0 Å². The summed E-state index contributed by atoms with van der Waals surface area (Å²) in [6.07, 6.45) is 1.39. The molecule has 2 heterocycles. The van der Waals surface area contributed by atoms with Crippen LogP contribution in [-0.4, -0.2) is 26.0 Å². The van der Waals surface area contributed by atoms with Gasteiger partial charge in [-0.15, -0.1) is 0 Å². The van der Waals surface area contributed by atoms with Gasteiger partial charge in [0.2, 0.25) is 5.95 Å². The fourth-order valence-corrected chi connectivity index (χ4v) is 3.76. The summed E-state index contributed by atoms with van der Waals surface area (Å²) in [7, 11) is 0. The van der Waals surface area contributed by atoms with E-state index in [1.54, 1.807) is 6.07 Å². The Morgan fingerprint density at radius 3 is 2.71 bits per heavy atom. The van der Waals surface area contributed by atoms with Gasteiger partial charge >= 0.3 is 0 Å². The number of H-pyrrole nitrogens is 1. The molecule has 0 bridgehead atoms. The molecule has 0 saturated heterocycles. The lowest BCUT2D eigenvalue weighted by Gasteiger charge is -2.14. The Hall–Kier alpha value is -4.46. The highest BCUT2D eigenvalue weighted by Gasteiger charge is 2.12. The molecule has 5 rings (SSSR count). The van der Waals surface area contributed by atoms with Crippen LogP contribution in [0.4, 0.5) is 21.8 Å². The molecule has 0 spiro atoms. The third kappa shape index (κ3) is 5.38. The number of hydrogen-bond donors (Lipinski definition) is 3. The maximum atomic E-state index is 13.8. The maximum absolute atomic E-state index is 13.8. The molecule has 0 radical (unpaired) electrons. The Morgan fingerprint density at radius 1 is 0.971 bits per heavy atom. The Labute approximate surface area is 202 Å². The maximum Gasteiger partial charge on any atom is 0.201 e. The van der Waals surface area contributed by atoms with Gasteiger partial charge in [-0.2, -0.15) is 0 Å². The number of nitrogens with zero attached hydrogens (tertiary/aromatic N) is 3. The zero-order valence-electron chi connectivity index (χ0n) is 19.4. The van der Waals surface area contributed by atoms with Crippen LogP contribution in [-0.2, 0) is 6.54 Å². The SMILES string of the molecule is CC(C)Oc1cc(F)ccc1-c1cc(Nc2cccc(CNc3nc4ccccc4[nH]3)c2)ncn1. The molecule has 35 heavy (non-hydrogen) atoms. The summed E-state index contributed by atoms with van der Waals surface area (Å²) >= 11 is 0. The molecule has 0 aliphatic heterocycles. The van der Waals surface area contributed by atoms with E-state index in [0.717, 1.165) is 28.2 Å². The first-order valence-corrected chi connectivity index (χ1v) is 11.4. The third-order valence-electron chi connectivity index (χ3n) is 5.30. The monoisotopic (exact) mass is 468 g/mol. The van der Waals surface area contributed by atoms with Crippen LogP contribution in [0.3, 0.4) is 0 Å². The van der Waals surface area contributed by atoms with Crippen molar-refractivity contribution < 1.29 is 9.13 Å². The van der Waals surface area contributed by atoms with E-state index in [1.807, 2.05) is 68.4 Å². The molecule has 7 nitrogen and oxygen atoms in total. The van der Waals surface area contributed by atoms with E-state index in [9.17, 15) is 4.39 Å². The topological polar surface area (TPSA) is 87.8 Å². The van der Waals surface area contributed by atoms with E-state index in [4.69, 9.17) is 4.74 Å². The van der Waals surface area contributed by atoms with Crippen LogP contribution in [0.2, 0.25) is 0 Å². The molecule has 0 amide bonds. The van der Waals surface area contributed by atoms with Crippen LogP contribution in [0.25, 0.3) is 22.3 Å². The first-order chi connectivity index (χ1) is 17.0. The molecule has 0 aliphatic carbocycles. The van der Waals surface area contributed by atoms with Crippen molar-refractivity contribution in [3.8, 4) is 17.0 Å². The van der Waals surface area contributed by atoms with E-state index in [1.165, 1.54) is 18.5 Å². The second kappa shape index (κ2) is 9.80. The molecular formula is C27H25FN6O. The number of imidazole rings is 1. The normalized spacial score (nSPS) is 11.1. The molecule has 8 heteroatoms. The molecule has 0 fully saturated rings. The standard InChI is InChI=1S/C27H25FN6O/c1-17(2)35-25-13-19(28)10-11-21(25)24-14-26(31-16-30-24)32-20-7-5-6-18(12-20)15-29-27-33-22-8-3-4-9-23(22)34-27/h3-14,16-17H,15H2,1-2H3,(H2,29,33,34)(H,30,31,32). The van der Waals surface area contributed by atoms with Crippen molar-refractivity contribution in [2.45, 2.75) is 26.5 Å². The fraction of sp³-hybridized carbons (Fsp3) is 0.148. The van der Waals surface area contributed by atoms with E-state index in [0.29, 0.717) is 29.4 Å². The lowest BCUT2D eigenvalue weighted by atomic mass is 10.1. The molecule has 0 aliphatic rings. The van der Waals surface area contributed by atoms with Crippen LogP contribution in [0, 0.1) is 5.82 Å². The number of aromatic amines is 1. The second-order valence-corrected chi connectivity index (χ2v) is 8.38. The van der Waals surface area contributed by atoms with Crippen LogP contribution in [0.5, 0.6) is 5.75 Å². The highest BCUT2D eigenvalue weighted by atomic mass is 19.1. The van der Waals surface area contributed by atoms with Gasteiger partial charge in [-0.1, -0.05) is 24.3 Å². The van der Waals surface area contributed by atoms with Gasteiger partial charge in [0.05, 0.1) is 22.8 Å². The highest BCUT2D eigenvalue weighted by molar-refractivity contribution is 5.77. The van der Waals surface area contributed by atoms with E-state index >= 15 is 0 Å². The average Bonchev–Trinajstić information content (AvgIpc) is 3.26. The van der Waals surface area contributed by atoms with Crippen molar-refractivity contribution in [2.75, 3.05) is 10.6 Å². The minimum Gasteiger partial charge on any atom is -0.490 e. The Balaban J connectivity index is 1.31. The van der Waals surface area contributed by atoms with Crippen LogP contribution < -0.4 is 15.4 Å². The molecular weight excluding hydrogens is 443 g/mol. The number of aromatic nitrogens is 4. The van der Waals surface area contributed by atoms with E-state index < -0.39 is 0 Å². The lowest BCUT2D eigenvalue weighted by molar-refractivity contribution is 0.242. The number of para-hydroxylation sites is 2. The minimum atomic E-state index is -0.357. The van der Waals surface area contributed by atoms with Crippen LogP contribution in [0.15, 0.2) is 79.1 Å². The minimum absolute atomic E-state index is 0.0918. The van der Waals surface area contributed by atoms with Crippen molar-refractivity contribution in [2.24, 2.45) is 0 Å². The van der Waals surface area contributed by atoms with Crippen molar-refractivity contribution in [1.29, 1.82) is 0 Å². The van der Waals surface area contributed by atoms with Crippen LogP contribution in [0.1, 0.15) is 19.4 Å². The summed E-state index contributed by atoms with van der Waals surface area (Å²) in [4.78, 5) is 16.5. The third-order valence-corrected chi connectivity index (χ3v) is 5.30. The Bertz CT molecular complexity index is 1430. The molecule has 3 aromatic carbocycles. The van der Waals surface area contributed by atoms with Gasteiger partial charge in [-0.25, -0.2) is 19.3 Å². The predicted molar refractivity (Wildman–Crippen MR) is 136 cm³/mol. The van der Waals surface area contributed by atoms with E-state index in [2.05, 4.69) is 30.6 Å². The number of fused-ring (bicyclic) bond motifs is 1. The molecule has 0 saturated carbocycles. The number of rotatable bonds is 8. The van der Waals surface area contributed by atoms with Gasteiger partial charge in [-0.3, -0.25) is 0 Å². The van der Waals surface area contributed by atoms with Crippen molar-refractivity contribution >= 4 is 28.5 Å². The number of ether oxygens (including phenoxy) is 1. The number of benzene rings is 3. The van der Waals surface area contributed by atoms with Crippen molar-refractivity contribution in [3.63, 3.8) is 0 Å². The van der Waals surface area contributed by atoms with Crippen LogP contribution >= 0.6 is 0 Å². The summed E-state index contributed by atoms with van der Waals surface area (Å²) in [5.41, 5.74) is 5.23. The predicted octanol–water partition coefficient (Wildman–Crippen LogP) is 6.30. The first-order valence-electron chi connectivity index (χ1n) is 11.4. The summed E-state index contributed by atoms with van der Waals surface area (Å²) in [5, 5.41) is 6.66. The summed E-state index contributed by atoms with van der Waals surface area (Å²) in [6, 6.07) is 22.2. The molecule has 0 atom stereocenters. The summed E-state index contributed by atoms with van der Waals surface area (Å²) in [6.45, 7) is 4.41. The van der Waals surface area contributed by atoms with Gasteiger partial charge in [0, 0.05) is 29.9 Å². The number of hydrogen-bond acceptors (Lipinski definition) is 6. The zero-order valence-corrected chi connectivity index (χ0v) is 19.4. The molecule has 2 aromatic heterocycles. The Morgan fingerprint density at radius 2 is 1.86 bits per heavy atom. The lowest BCUT2D eigenvalue weighted by Crippen LogP contribution is -2.07. The molecule has 5 aromatic rings. The largest absolute Gasteiger partial charge is 0.490 e. The zero-order chi connectivity index (χ0) is 24.2. The van der Waals surface area contributed by atoms with Gasteiger partial charge < -0.3 is 20.4 Å². The quantitative estimate of drug-likeness (QED) is 0.248. The summed E-state index contributed by atoms with van der Waals surface area (Å²) < 4.78 is 19.6. The molecule has 176 valence electrons. The van der Waals surface area contributed by atoms with Crippen molar-refractivity contribution in [3.05, 3.63) is 90.5 Å². The highest BCUT2D eigenvalue weighted by Crippen LogP contribution is 2.31. The first kappa shape index (κ1) is 22.3. The van der Waals surface area contributed by atoms with Gasteiger partial charge in [-0.05, 0) is 55.8 Å². The van der Waals surface area contributed by atoms with Gasteiger partial charge in [0.1, 0.15) is 23.7 Å². The molecule has 0 unspecified atom stereocenters. The fourth-order valence-electron chi connectivity index (χ4n) is 3.76. The number of anilines is 3. The molecule has 3 N–H and O–H groups in total. The van der Waals surface area contributed by atoms with E-state index in [-0.39, 0.29) is 11.9 Å². The second-order valence-electron chi connectivity index (χ2n) is 8.38. The number of halogens is 1. The summed E-state index contributed by atoms with van der Waals surface area (Å²) in [5.74, 6) is 1.44. The number of nitrogens with one attached hydrogen (secondary N) is 3.